The standard InChI is InChI=1S/C17H18N2O/c1-19-17-10-6-5-9-15(17)16(18-19)12-14(20)11-13-7-3-2-4-8-13/h2-10,14,20H,11-12H2,1H3. The molecule has 1 atom stereocenters. The molecular formula is C17H18N2O. The highest BCUT2D eigenvalue weighted by atomic mass is 16.3. The summed E-state index contributed by atoms with van der Waals surface area (Å²) in [5, 5.41) is 15.9. The van der Waals surface area contributed by atoms with E-state index < -0.39 is 6.10 Å². The number of para-hydroxylation sites is 1. The summed E-state index contributed by atoms with van der Waals surface area (Å²) in [5.74, 6) is 0. The molecule has 0 spiro atoms. The molecule has 1 heterocycles. The van der Waals surface area contributed by atoms with Gasteiger partial charge in [0.1, 0.15) is 0 Å². The van der Waals surface area contributed by atoms with Gasteiger partial charge in [-0.3, -0.25) is 4.68 Å². The first-order valence-corrected chi connectivity index (χ1v) is 6.86. The molecule has 0 amide bonds. The van der Waals surface area contributed by atoms with Crippen molar-refractivity contribution >= 4 is 10.9 Å². The van der Waals surface area contributed by atoms with Crippen molar-refractivity contribution in [3.8, 4) is 0 Å². The molecule has 0 fully saturated rings. The minimum absolute atomic E-state index is 0.407. The van der Waals surface area contributed by atoms with Crippen LogP contribution in [0.25, 0.3) is 10.9 Å². The minimum Gasteiger partial charge on any atom is -0.392 e. The number of hydrogen-bond donors (Lipinski definition) is 1. The molecule has 102 valence electrons. The molecule has 3 aromatic rings. The van der Waals surface area contributed by atoms with Gasteiger partial charge >= 0.3 is 0 Å². The van der Waals surface area contributed by atoms with Gasteiger partial charge in [0.05, 0.1) is 17.3 Å². The lowest BCUT2D eigenvalue weighted by Crippen LogP contribution is -2.14. The van der Waals surface area contributed by atoms with Crippen molar-refractivity contribution in [3.63, 3.8) is 0 Å². The van der Waals surface area contributed by atoms with Crippen LogP contribution in [0.2, 0.25) is 0 Å². The van der Waals surface area contributed by atoms with E-state index in [1.54, 1.807) is 0 Å². The Labute approximate surface area is 118 Å². The number of aryl methyl sites for hydroxylation is 1. The summed E-state index contributed by atoms with van der Waals surface area (Å²) in [6.07, 6.45) is 0.831. The molecule has 0 aliphatic carbocycles. The SMILES string of the molecule is Cn1nc(CC(O)Cc2ccccc2)c2ccccc21. The summed E-state index contributed by atoms with van der Waals surface area (Å²) < 4.78 is 1.87. The lowest BCUT2D eigenvalue weighted by atomic mass is 10.0. The Morgan fingerprint density at radius 1 is 1.00 bits per heavy atom. The Morgan fingerprint density at radius 3 is 2.50 bits per heavy atom. The molecule has 0 saturated carbocycles. The van der Waals surface area contributed by atoms with Crippen molar-refractivity contribution in [2.75, 3.05) is 0 Å². The summed E-state index contributed by atoms with van der Waals surface area (Å²) in [6.45, 7) is 0. The van der Waals surface area contributed by atoms with Crippen molar-refractivity contribution in [3.05, 3.63) is 65.9 Å². The van der Waals surface area contributed by atoms with Crippen molar-refractivity contribution in [1.82, 2.24) is 9.78 Å². The van der Waals surface area contributed by atoms with E-state index in [0.717, 1.165) is 22.2 Å². The highest BCUT2D eigenvalue weighted by Gasteiger charge is 2.13. The fraction of sp³-hybridized carbons (Fsp3) is 0.235. The summed E-state index contributed by atoms with van der Waals surface area (Å²) in [5.41, 5.74) is 3.22. The van der Waals surface area contributed by atoms with Crippen LogP contribution in [0.3, 0.4) is 0 Å². The smallest absolute Gasteiger partial charge is 0.0729 e. The fourth-order valence-electron chi connectivity index (χ4n) is 2.62. The van der Waals surface area contributed by atoms with Gasteiger partial charge < -0.3 is 5.11 Å². The van der Waals surface area contributed by atoms with Crippen molar-refractivity contribution in [2.45, 2.75) is 18.9 Å². The molecule has 1 N–H and O–H groups in total. The van der Waals surface area contributed by atoms with Crippen LogP contribution in [0.1, 0.15) is 11.3 Å². The highest BCUT2D eigenvalue weighted by molar-refractivity contribution is 5.81. The second-order valence-electron chi connectivity index (χ2n) is 5.14. The van der Waals surface area contributed by atoms with E-state index in [4.69, 9.17) is 0 Å². The van der Waals surface area contributed by atoms with Crippen LogP contribution >= 0.6 is 0 Å². The Bertz CT molecular complexity index is 703. The van der Waals surface area contributed by atoms with Crippen LogP contribution in [-0.4, -0.2) is 21.0 Å². The summed E-state index contributed by atoms with van der Waals surface area (Å²) in [6, 6.07) is 18.2. The molecule has 0 aliphatic rings. The Kier molecular flexibility index (Phi) is 3.52. The van der Waals surface area contributed by atoms with Crippen LogP contribution in [0, 0.1) is 0 Å². The minimum atomic E-state index is -0.407. The molecule has 0 bridgehead atoms. The van der Waals surface area contributed by atoms with Crippen LogP contribution in [0.4, 0.5) is 0 Å². The molecular weight excluding hydrogens is 248 g/mol. The normalized spacial score (nSPS) is 12.7. The van der Waals surface area contributed by atoms with Crippen LogP contribution in [-0.2, 0) is 19.9 Å². The molecule has 0 aliphatic heterocycles. The van der Waals surface area contributed by atoms with Crippen molar-refractivity contribution in [1.29, 1.82) is 0 Å². The number of aliphatic hydroxyl groups is 1. The summed E-state index contributed by atoms with van der Waals surface area (Å²) in [7, 11) is 1.94. The van der Waals surface area contributed by atoms with Gasteiger partial charge in [-0.25, -0.2) is 0 Å². The lowest BCUT2D eigenvalue weighted by Gasteiger charge is -2.09. The quantitative estimate of drug-likeness (QED) is 0.788. The first-order chi connectivity index (χ1) is 9.74. The number of nitrogens with zero attached hydrogens (tertiary/aromatic N) is 2. The average molecular weight is 266 g/mol. The third-order valence-electron chi connectivity index (χ3n) is 3.58. The highest BCUT2D eigenvalue weighted by Crippen LogP contribution is 2.19. The van der Waals surface area contributed by atoms with Gasteiger partial charge in [0, 0.05) is 18.9 Å². The molecule has 1 aromatic heterocycles. The van der Waals surface area contributed by atoms with E-state index in [0.29, 0.717) is 12.8 Å². The second-order valence-corrected chi connectivity index (χ2v) is 5.14. The van der Waals surface area contributed by atoms with E-state index >= 15 is 0 Å². The van der Waals surface area contributed by atoms with Gasteiger partial charge in [-0.2, -0.15) is 5.10 Å². The molecule has 0 radical (unpaired) electrons. The molecule has 20 heavy (non-hydrogen) atoms. The van der Waals surface area contributed by atoms with Crippen LogP contribution < -0.4 is 0 Å². The monoisotopic (exact) mass is 266 g/mol. The predicted molar refractivity (Wildman–Crippen MR) is 80.6 cm³/mol. The molecule has 3 heteroatoms. The topological polar surface area (TPSA) is 38.0 Å². The van der Waals surface area contributed by atoms with Crippen molar-refractivity contribution in [2.24, 2.45) is 7.05 Å². The van der Waals surface area contributed by atoms with Crippen LogP contribution in [0.5, 0.6) is 0 Å². The second kappa shape index (κ2) is 5.47. The fourth-order valence-corrected chi connectivity index (χ4v) is 2.62. The van der Waals surface area contributed by atoms with Gasteiger partial charge in [0.15, 0.2) is 0 Å². The summed E-state index contributed by atoms with van der Waals surface area (Å²) >= 11 is 0. The van der Waals surface area contributed by atoms with Crippen molar-refractivity contribution < 1.29 is 5.11 Å². The number of aliphatic hydroxyl groups excluding tert-OH is 1. The Morgan fingerprint density at radius 2 is 1.70 bits per heavy atom. The maximum atomic E-state index is 10.3. The van der Waals surface area contributed by atoms with E-state index in [-0.39, 0.29) is 0 Å². The molecule has 3 nitrogen and oxygen atoms in total. The number of rotatable bonds is 4. The van der Waals surface area contributed by atoms with Gasteiger partial charge in [-0.1, -0.05) is 48.5 Å². The Hall–Kier alpha value is -2.13. The first-order valence-electron chi connectivity index (χ1n) is 6.86. The number of fused-ring (bicyclic) bond motifs is 1. The lowest BCUT2D eigenvalue weighted by molar-refractivity contribution is 0.174. The van der Waals surface area contributed by atoms with Gasteiger partial charge in [-0.15, -0.1) is 0 Å². The number of hydrogen-bond acceptors (Lipinski definition) is 2. The van der Waals surface area contributed by atoms with E-state index in [9.17, 15) is 5.11 Å². The Balaban J connectivity index is 1.79. The molecule has 0 saturated heterocycles. The number of aromatic nitrogens is 2. The summed E-state index contributed by atoms with van der Waals surface area (Å²) in [4.78, 5) is 0. The van der Waals surface area contributed by atoms with E-state index in [2.05, 4.69) is 17.2 Å². The maximum Gasteiger partial charge on any atom is 0.0729 e. The first kappa shape index (κ1) is 12.9. The average Bonchev–Trinajstić information content (AvgIpc) is 2.77. The van der Waals surface area contributed by atoms with Gasteiger partial charge in [-0.05, 0) is 18.1 Å². The van der Waals surface area contributed by atoms with Crippen LogP contribution in [0.15, 0.2) is 54.6 Å². The van der Waals surface area contributed by atoms with E-state index in [1.807, 2.05) is 54.2 Å². The molecule has 2 aromatic carbocycles. The maximum absolute atomic E-state index is 10.3. The third kappa shape index (κ3) is 2.58. The zero-order chi connectivity index (χ0) is 13.9. The largest absolute Gasteiger partial charge is 0.392 e. The predicted octanol–water partition coefficient (Wildman–Crippen LogP) is 2.72. The zero-order valence-corrected chi connectivity index (χ0v) is 11.5. The van der Waals surface area contributed by atoms with Gasteiger partial charge in [0.2, 0.25) is 0 Å². The van der Waals surface area contributed by atoms with Gasteiger partial charge in [0.25, 0.3) is 0 Å². The molecule has 1 unspecified atom stereocenters. The molecule has 3 rings (SSSR count). The third-order valence-corrected chi connectivity index (χ3v) is 3.58. The zero-order valence-electron chi connectivity index (χ0n) is 11.5. The van der Waals surface area contributed by atoms with E-state index in [1.165, 1.54) is 0 Å². The number of benzene rings is 2.